The number of aliphatic carboxylic acids is 1. The van der Waals surface area contributed by atoms with Crippen molar-refractivity contribution in [2.24, 2.45) is 0 Å². The fraction of sp³-hybridized carbons (Fsp3) is 0.267. The van der Waals surface area contributed by atoms with Gasteiger partial charge in [-0.1, -0.05) is 18.2 Å². The molecule has 1 aliphatic rings. The Morgan fingerprint density at radius 1 is 1.40 bits per heavy atom. The highest BCUT2D eigenvalue weighted by Gasteiger charge is 2.45. The number of aromatic nitrogens is 1. The second-order valence-corrected chi connectivity index (χ2v) is 5.05. The Labute approximate surface area is 115 Å². The van der Waals surface area contributed by atoms with Crippen molar-refractivity contribution in [3.8, 4) is 6.07 Å². The molecule has 3 rings (SSSR count). The van der Waals surface area contributed by atoms with E-state index in [4.69, 9.17) is 0 Å². The maximum atomic E-state index is 11.4. The van der Waals surface area contributed by atoms with Gasteiger partial charge in [-0.2, -0.15) is 5.26 Å². The third kappa shape index (κ3) is 1.86. The van der Waals surface area contributed by atoms with Gasteiger partial charge < -0.3 is 10.4 Å². The number of carboxylic acid groups (broad SMARTS) is 1. The van der Waals surface area contributed by atoms with Gasteiger partial charge in [0.15, 0.2) is 0 Å². The summed E-state index contributed by atoms with van der Waals surface area (Å²) in [7, 11) is 0. The van der Waals surface area contributed by atoms with Crippen molar-refractivity contribution >= 4 is 22.7 Å². The van der Waals surface area contributed by atoms with Crippen molar-refractivity contribution in [2.45, 2.75) is 24.8 Å². The zero-order valence-electron chi connectivity index (χ0n) is 10.8. The Morgan fingerprint density at radius 2 is 2.15 bits per heavy atom. The maximum absolute atomic E-state index is 11.4. The van der Waals surface area contributed by atoms with Crippen molar-refractivity contribution in [3.63, 3.8) is 0 Å². The summed E-state index contributed by atoms with van der Waals surface area (Å²) in [5, 5.41) is 22.4. The van der Waals surface area contributed by atoms with E-state index in [0.29, 0.717) is 24.2 Å². The number of carbonyl (C=O) groups is 1. The molecular formula is C15H13N3O2. The molecule has 0 atom stereocenters. The van der Waals surface area contributed by atoms with Gasteiger partial charge in [0, 0.05) is 5.39 Å². The van der Waals surface area contributed by atoms with Crippen LogP contribution < -0.4 is 5.32 Å². The third-order valence-electron chi connectivity index (χ3n) is 3.82. The first kappa shape index (κ1) is 12.4. The molecule has 1 heterocycles. The predicted molar refractivity (Wildman–Crippen MR) is 74.3 cm³/mol. The van der Waals surface area contributed by atoms with E-state index in [1.165, 1.54) is 0 Å². The first-order chi connectivity index (χ1) is 9.64. The number of benzene rings is 1. The number of hydrogen-bond donors (Lipinski definition) is 2. The first-order valence-electron chi connectivity index (χ1n) is 6.46. The number of anilines is 1. The topological polar surface area (TPSA) is 86.0 Å². The summed E-state index contributed by atoms with van der Waals surface area (Å²) in [6, 6.07) is 11.3. The summed E-state index contributed by atoms with van der Waals surface area (Å²) in [6.45, 7) is 0. The maximum Gasteiger partial charge on any atom is 0.329 e. The molecule has 100 valence electrons. The molecule has 1 aromatic heterocycles. The molecular weight excluding hydrogens is 254 g/mol. The van der Waals surface area contributed by atoms with Crippen LogP contribution in [-0.4, -0.2) is 21.6 Å². The molecule has 1 aromatic carbocycles. The van der Waals surface area contributed by atoms with Crippen molar-refractivity contribution in [2.75, 3.05) is 5.32 Å². The van der Waals surface area contributed by atoms with Crippen LogP contribution >= 0.6 is 0 Å². The minimum atomic E-state index is -0.971. The fourth-order valence-corrected chi connectivity index (χ4v) is 2.45. The molecule has 1 fully saturated rings. The highest BCUT2D eigenvalue weighted by Crippen LogP contribution is 2.36. The van der Waals surface area contributed by atoms with Crippen LogP contribution in [0.1, 0.15) is 24.8 Å². The highest BCUT2D eigenvalue weighted by atomic mass is 16.4. The quantitative estimate of drug-likeness (QED) is 0.892. The number of nitrogens with one attached hydrogen (secondary N) is 1. The molecule has 1 saturated carbocycles. The molecule has 1 aliphatic carbocycles. The molecule has 0 spiro atoms. The van der Waals surface area contributed by atoms with Crippen LogP contribution in [0.3, 0.4) is 0 Å². The first-order valence-corrected chi connectivity index (χ1v) is 6.46. The molecule has 2 N–H and O–H groups in total. The van der Waals surface area contributed by atoms with Gasteiger partial charge in [-0.05, 0) is 31.4 Å². The van der Waals surface area contributed by atoms with Gasteiger partial charge in [0.25, 0.3) is 0 Å². The average molecular weight is 267 g/mol. The Hall–Kier alpha value is -2.61. The van der Waals surface area contributed by atoms with Crippen LogP contribution in [0.15, 0.2) is 30.3 Å². The van der Waals surface area contributed by atoms with E-state index in [0.717, 1.165) is 17.3 Å². The minimum Gasteiger partial charge on any atom is -0.480 e. The van der Waals surface area contributed by atoms with Crippen molar-refractivity contribution in [1.82, 2.24) is 4.98 Å². The van der Waals surface area contributed by atoms with Gasteiger partial charge in [-0.3, -0.25) is 0 Å². The lowest BCUT2D eigenvalue weighted by atomic mass is 9.76. The van der Waals surface area contributed by atoms with Gasteiger partial charge in [0.05, 0.1) is 11.1 Å². The van der Waals surface area contributed by atoms with E-state index in [1.54, 1.807) is 6.07 Å². The molecule has 5 nitrogen and oxygen atoms in total. The Kier molecular flexibility index (Phi) is 2.79. The van der Waals surface area contributed by atoms with Crippen LogP contribution in [0.25, 0.3) is 10.9 Å². The van der Waals surface area contributed by atoms with E-state index < -0.39 is 11.5 Å². The van der Waals surface area contributed by atoms with E-state index in [-0.39, 0.29) is 0 Å². The molecule has 2 aromatic rings. The largest absolute Gasteiger partial charge is 0.480 e. The van der Waals surface area contributed by atoms with Gasteiger partial charge in [0.1, 0.15) is 17.4 Å². The van der Waals surface area contributed by atoms with Crippen LogP contribution in [0.5, 0.6) is 0 Å². The Morgan fingerprint density at radius 3 is 2.75 bits per heavy atom. The summed E-state index contributed by atoms with van der Waals surface area (Å²) in [5.74, 6) is -0.532. The molecule has 0 amide bonds. The number of carboxylic acids is 1. The SMILES string of the molecule is N#Cc1cc2ccccc2nc1NC1(C(=O)O)CCC1. The number of rotatable bonds is 3. The number of nitrogens with zero attached hydrogens (tertiary/aromatic N) is 2. The number of fused-ring (bicyclic) bond motifs is 1. The van der Waals surface area contributed by atoms with Gasteiger partial charge in [0.2, 0.25) is 0 Å². The molecule has 5 heteroatoms. The van der Waals surface area contributed by atoms with Gasteiger partial charge in [-0.25, -0.2) is 9.78 Å². The van der Waals surface area contributed by atoms with Crippen LogP contribution in [0, 0.1) is 11.3 Å². The smallest absolute Gasteiger partial charge is 0.329 e. The lowest BCUT2D eigenvalue weighted by Crippen LogP contribution is -2.52. The summed E-state index contributed by atoms with van der Waals surface area (Å²) in [6.07, 6.45) is 1.98. The number of pyridine rings is 1. The normalized spacial score (nSPS) is 16.1. The summed E-state index contributed by atoms with van der Waals surface area (Å²) in [5.41, 5.74) is 0.145. The van der Waals surface area contributed by atoms with Crippen molar-refractivity contribution < 1.29 is 9.90 Å². The Balaban J connectivity index is 2.06. The van der Waals surface area contributed by atoms with E-state index in [9.17, 15) is 15.2 Å². The van der Waals surface area contributed by atoms with Gasteiger partial charge >= 0.3 is 5.97 Å². The minimum absolute atomic E-state index is 0.355. The van der Waals surface area contributed by atoms with Crippen molar-refractivity contribution in [3.05, 3.63) is 35.9 Å². The van der Waals surface area contributed by atoms with E-state index >= 15 is 0 Å². The molecule has 0 unspecified atom stereocenters. The summed E-state index contributed by atoms with van der Waals surface area (Å²) in [4.78, 5) is 15.8. The predicted octanol–water partition coefficient (Wildman–Crippen LogP) is 2.53. The molecule has 0 bridgehead atoms. The third-order valence-corrected chi connectivity index (χ3v) is 3.82. The van der Waals surface area contributed by atoms with Crippen LogP contribution in [-0.2, 0) is 4.79 Å². The second kappa shape index (κ2) is 4.49. The van der Waals surface area contributed by atoms with Crippen LogP contribution in [0.4, 0.5) is 5.82 Å². The molecule has 0 aliphatic heterocycles. The molecule has 0 saturated heterocycles. The summed E-state index contributed by atoms with van der Waals surface area (Å²) >= 11 is 0. The molecule has 0 radical (unpaired) electrons. The summed E-state index contributed by atoms with van der Waals surface area (Å²) < 4.78 is 0. The standard InChI is InChI=1S/C15H13N3O2/c16-9-11-8-10-4-1-2-5-12(10)17-13(11)18-15(14(19)20)6-3-7-15/h1-2,4-5,8H,3,6-7H2,(H,17,18)(H,19,20). The highest BCUT2D eigenvalue weighted by molar-refractivity contribution is 5.87. The second-order valence-electron chi connectivity index (χ2n) is 5.05. The fourth-order valence-electron chi connectivity index (χ4n) is 2.45. The zero-order valence-corrected chi connectivity index (χ0v) is 10.8. The number of nitriles is 1. The molecule has 20 heavy (non-hydrogen) atoms. The lowest BCUT2D eigenvalue weighted by Gasteiger charge is -2.38. The number of hydrogen-bond acceptors (Lipinski definition) is 4. The average Bonchev–Trinajstić information content (AvgIpc) is 2.41. The van der Waals surface area contributed by atoms with E-state index in [1.807, 2.05) is 24.3 Å². The number of para-hydroxylation sites is 1. The Bertz CT molecular complexity index is 729. The van der Waals surface area contributed by atoms with Crippen LogP contribution in [0.2, 0.25) is 0 Å². The van der Waals surface area contributed by atoms with Gasteiger partial charge in [-0.15, -0.1) is 0 Å². The monoisotopic (exact) mass is 267 g/mol. The lowest BCUT2D eigenvalue weighted by molar-refractivity contribution is -0.145. The van der Waals surface area contributed by atoms with Crippen molar-refractivity contribution in [1.29, 1.82) is 5.26 Å². The van der Waals surface area contributed by atoms with E-state index in [2.05, 4.69) is 16.4 Å². The zero-order chi connectivity index (χ0) is 14.2.